The molecule has 0 aliphatic rings. The number of fused-ring (bicyclic) bond motifs is 1. The van der Waals surface area contributed by atoms with Crippen LogP contribution in [0.5, 0.6) is 0 Å². The van der Waals surface area contributed by atoms with Crippen LogP contribution in [0.2, 0.25) is 0 Å². The Morgan fingerprint density at radius 3 is 2.94 bits per heavy atom. The maximum absolute atomic E-state index is 11.3. The van der Waals surface area contributed by atoms with Crippen LogP contribution < -0.4 is 5.32 Å². The fourth-order valence-electron chi connectivity index (χ4n) is 1.97. The minimum Gasteiger partial charge on any atom is -0.481 e. The summed E-state index contributed by atoms with van der Waals surface area (Å²) in [5.74, 6) is -1.16. The number of carboxylic acids is 1. The molecule has 3 nitrogen and oxygen atoms in total. The van der Waals surface area contributed by atoms with Crippen LogP contribution >= 0.6 is 11.3 Å². The number of aliphatic carboxylic acids is 1. The van der Waals surface area contributed by atoms with E-state index in [4.69, 9.17) is 0 Å². The minimum atomic E-state index is -0.746. The van der Waals surface area contributed by atoms with Gasteiger partial charge < -0.3 is 10.4 Å². The van der Waals surface area contributed by atoms with Gasteiger partial charge in [-0.25, -0.2) is 0 Å². The van der Waals surface area contributed by atoms with E-state index in [9.17, 15) is 9.90 Å². The van der Waals surface area contributed by atoms with E-state index in [1.807, 2.05) is 36.7 Å². The van der Waals surface area contributed by atoms with E-state index < -0.39 is 11.9 Å². The van der Waals surface area contributed by atoms with Crippen LogP contribution in [-0.4, -0.2) is 24.7 Å². The molecule has 1 heterocycles. The first-order valence-electron chi connectivity index (χ1n) is 5.57. The molecular weight excluding hydrogens is 234 g/mol. The van der Waals surface area contributed by atoms with E-state index in [-0.39, 0.29) is 0 Å². The van der Waals surface area contributed by atoms with Crippen molar-refractivity contribution in [2.45, 2.75) is 12.3 Å². The number of hydrogen-bond donors (Lipinski definition) is 2. The van der Waals surface area contributed by atoms with E-state index in [2.05, 4.69) is 5.32 Å². The molecule has 1 aromatic heterocycles. The molecule has 0 saturated carbocycles. The zero-order chi connectivity index (χ0) is 12.3. The number of benzene rings is 1. The topological polar surface area (TPSA) is 49.3 Å². The molecule has 0 amide bonds. The largest absolute Gasteiger partial charge is 0.481 e. The van der Waals surface area contributed by atoms with E-state index in [0.29, 0.717) is 13.0 Å². The second kappa shape index (κ2) is 5.29. The third kappa shape index (κ3) is 2.48. The Kier molecular flexibility index (Phi) is 3.76. The Morgan fingerprint density at radius 2 is 2.24 bits per heavy atom. The zero-order valence-corrected chi connectivity index (χ0v) is 10.5. The highest BCUT2D eigenvalue weighted by Gasteiger charge is 2.22. The standard InChI is InChI=1S/C13H15NO2S/c1-14-7-6-10(13(15)16)11-8-17-12-5-3-2-4-9(11)12/h2-5,8,10,14H,6-7H2,1H3,(H,15,16). The van der Waals surface area contributed by atoms with Crippen molar-refractivity contribution in [3.63, 3.8) is 0 Å². The van der Waals surface area contributed by atoms with Gasteiger partial charge in [0, 0.05) is 4.70 Å². The Bertz CT molecular complexity index is 521. The first kappa shape index (κ1) is 12.1. The van der Waals surface area contributed by atoms with Crippen molar-refractivity contribution in [2.24, 2.45) is 0 Å². The van der Waals surface area contributed by atoms with Crippen LogP contribution in [0.15, 0.2) is 29.6 Å². The molecule has 0 saturated heterocycles. The zero-order valence-electron chi connectivity index (χ0n) is 9.64. The molecule has 1 aromatic carbocycles. The molecule has 90 valence electrons. The Morgan fingerprint density at radius 1 is 1.47 bits per heavy atom. The molecule has 0 radical (unpaired) electrons. The Balaban J connectivity index is 2.38. The number of rotatable bonds is 5. The average Bonchev–Trinajstić information content (AvgIpc) is 2.73. The maximum Gasteiger partial charge on any atom is 0.311 e. The first-order valence-corrected chi connectivity index (χ1v) is 6.45. The van der Waals surface area contributed by atoms with E-state index in [0.717, 1.165) is 15.6 Å². The van der Waals surface area contributed by atoms with E-state index in [1.54, 1.807) is 11.3 Å². The van der Waals surface area contributed by atoms with Crippen molar-refractivity contribution in [1.82, 2.24) is 5.32 Å². The van der Waals surface area contributed by atoms with Crippen molar-refractivity contribution in [2.75, 3.05) is 13.6 Å². The second-order valence-electron chi connectivity index (χ2n) is 3.97. The van der Waals surface area contributed by atoms with Gasteiger partial charge >= 0.3 is 5.97 Å². The first-order chi connectivity index (χ1) is 8.24. The molecule has 2 rings (SSSR count). The lowest BCUT2D eigenvalue weighted by Crippen LogP contribution is -2.18. The molecule has 0 aliphatic heterocycles. The molecule has 4 heteroatoms. The van der Waals surface area contributed by atoms with Crippen LogP contribution in [0.25, 0.3) is 10.1 Å². The third-order valence-corrected chi connectivity index (χ3v) is 3.85. The molecule has 17 heavy (non-hydrogen) atoms. The van der Waals surface area contributed by atoms with Crippen molar-refractivity contribution < 1.29 is 9.90 Å². The van der Waals surface area contributed by atoms with Crippen LogP contribution in [0, 0.1) is 0 Å². The molecular formula is C13H15NO2S. The lowest BCUT2D eigenvalue weighted by Gasteiger charge is -2.11. The van der Waals surface area contributed by atoms with Gasteiger partial charge in [-0.2, -0.15) is 0 Å². The fourth-order valence-corrected chi connectivity index (χ4v) is 2.98. The SMILES string of the molecule is CNCCC(C(=O)O)c1csc2ccccc12. The molecule has 0 bridgehead atoms. The number of nitrogens with one attached hydrogen (secondary N) is 1. The van der Waals surface area contributed by atoms with Crippen LogP contribution in [-0.2, 0) is 4.79 Å². The minimum absolute atomic E-state index is 0.418. The van der Waals surface area contributed by atoms with E-state index >= 15 is 0 Å². The number of carbonyl (C=O) groups is 1. The van der Waals surface area contributed by atoms with Gasteiger partial charge in [0.15, 0.2) is 0 Å². The van der Waals surface area contributed by atoms with Crippen LogP contribution in [0.3, 0.4) is 0 Å². The molecule has 0 spiro atoms. The van der Waals surface area contributed by atoms with Gasteiger partial charge in [0.1, 0.15) is 0 Å². The van der Waals surface area contributed by atoms with Gasteiger partial charge in [0.25, 0.3) is 0 Å². The highest BCUT2D eigenvalue weighted by Crippen LogP contribution is 2.32. The number of hydrogen-bond acceptors (Lipinski definition) is 3. The summed E-state index contributed by atoms with van der Waals surface area (Å²) in [6, 6.07) is 7.96. The van der Waals surface area contributed by atoms with Gasteiger partial charge in [0.2, 0.25) is 0 Å². The molecule has 2 aromatic rings. The van der Waals surface area contributed by atoms with Crippen molar-refractivity contribution >= 4 is 27.4 Å². The van der Waals surface area contributed by atoms with Gasteiger partial charge in [-0.05, 0) is 42.4 Å². The summed E-state index contributed by atoms with van der Waals surface area (Å²) >= 11 is 1.61. The molecule has 0 aliphatic carbocycles. The Hall–Kier alpha value is -1.39. The Labute approximate surface area is 104 Å². The lowest BCUT2D eigenvalue weighted by molar-refractivity contribution is -0.138. The lowest BCUT2D eigenvalue weighted by atomic mass is 9.95. The predicted molar refractivity (Wildman–Crippen MR) is 70.7 cm³/mol. The monoisotopic (exact) mass is 249 g/mol. The quantitative estimate of drug-likeness (QED) is 0.856. The van der Waals surface area contributed by atoms with Crippen molar-refractivity contribution in [3.8, 4) is 0 Å². The summed E-state index contributed by atoms with van der Waals surface area (Å²) < 4.78 is 1.15. The highest BCUT2D eigenvalue weighted by molar-refractivity contribution is 7.17. The van der Waals surface area contributed by atoms with Gasteiger partial charge in [0.05, 0.1) is 5.92 Å². The van der Waals surface area contributed by atoms with Crippen LogP contribution in [0.4, 0.5) is 0 Å². The summed E-state index contributed by atoms with van der Waals surface area (Å²) in [7, 11) is 1.84. The van der Waals surface area contributed by atoms with Gasteiger partial charge in [-0.15, -0.1) is 11.3 Å². The van der Waals surface area contributed by atoms with Gasteiger partial charge in [-0.1, -0.05) is 18.2 Å². The average molecular weight is 249 g/mol. The number of thiophene rings is 1. The fraction of sp³-hybridized carbons (Fsp3) is 0.308. The predicted octanol–water partition coefficient (Wildman–Crippen LogP) is 2.68. The number of carboxylic acid groups (broad SMARTS) is 1. The molecule has 1 atom stereocenters. The summed E-state index contributed by atoms with van der Waals surface area (Å²) in [6.07, 6.45) is 0.618. The summed E-state index contributed by atoms with van der Waals surface area (Å²) in [5, 5.41) is 15.4. The second-order valence-corrected chi connectivity index (χ2v) is 4.88. The van der Waals surface area contributed by atoms with Crippen LogP contribution in [0.1, 0.15) is 17.9 Å². The smallest absolute Gasteiger partial charge is 0.311 e. The highest BCUT2D eigenvalue weighted by atomic mass is 32.1. The summed E-state index contributed by atoms with van der Waals surface area (Å²) in [4.78, 5) is 11.3. The normalized spacial score (nSPS) is 12.8. The van der Waals surface area contributed by atoms with Gasteiger partial charge in [-0.3, -0.25) is 4.79 Å². The molecule has 1 unspecified atom stereocenters. The van der Waals surface area contributed by atoms with E-state index in [1.165, 1.54) is 0 Å². The summed E-state index contributed by atoms with van der Waals surface area (Å²) in [5.41, 5.74) is 0.938. The maximum atomic E-state index is 11.3. The molecule has 2 N–H and O–H groups in total. The van der Waals surface area contributed by atoms with Crippen molar-refractivity contribution in [3.05, 3.63) is 35.2 Å². The molecule has 0 fully saturated rings. The van der Waals surface area contributed by atoms with Crippen molar-refractivity contribution in [1.29, 1.82) is 0 Å². The third-order valence-electron chi connectivity index (χ3n) is 2.87. The summed E-state index contributed by atoms with van der Waals surface area (Å²) in [6.45, 7) is 0.709.